The van der Waals surface area contributed by atoms with E-state index < -0.39 is 10.0 Å². The van der Waals surface area contributed by atoms with Crippen LogP contribution in [-0.2, 0) is 10.0 Å². The predicted molar refractivity (Wildman–Crippen MR) is 82.6 cm³/mol. The zero-order valence-electron chi connectivity index (χ0n) is 11.5. The Morgan fingerprint density at radius 1 is 1.52 bits per heavy atom. The highest BCUT2D eigenvalue weighted by Crippen LogP contribution is 2.20. The molecule has 1 fully saturated rings. The summed E-state index contributed by atoms with van der Waals surface area (Å²) in [6.45, 7) is 4.70. The van der Waals surface area contributed by atoms with Crippen molar-refractivity contribution in [1.82, 2.24) is 9.62 Å². The van der Waals surface area contributed by atoms with Crippen LogP contribution in [0.2, 0.25) is 5.02 Å². The molecule has 1 aliphatic rings. The Morgan fingerprint density at radius 2 is 2.29 bits per heavy atom. The summed E-state index contributed by atoms with van der Waals surface area (Å²) in [5.41, 5.74) is 0.551. The third-order valence-electron chi connectivity index (χ3n) is 3.44. The summed E-state index contributed by atoms with van der Waals surface area (Å²) >= 11 is 5.88. The molecule has 1 aromatic carbocycles. The number of hydrogen-bond acceptors (Lipinski definition) is 3. The van der Waals surface area contributed by atoms with Crippen LogP contribution in [0.5, 0.6) is 0 Å². The molecule has 1 saturated heterocycles. The Kier molecular flexibility index (Phi) is 5.03. The summed E-state index contributed by atoms with van der Waals surface area (Å²) < 4.78 is 25.1. The van der Waals surface area contributed by atoms with Gasteiger partial charge < -0.3 is 4.90 Å². The van der Waals surface area contributed by atoms with Gasteiger partial charge in [-0.05, 0) is 30.5 Å². The van der Waals surface area contributed by atoms with E-state index in [0.29, 0.717) is 30.2 Å². The topological polar surface area (TPSA) is 66.5 Å². The minimum absolute atomic E-state index is 0.0772. The summed E-state index contributed by atoms with van der Waals surface area (Å²) in [6, 6.07) is 6.82. The number of carbonyl (C=O) groups excluding carboxylic acids is 1. The normalized spacial score (nSPS) is 18.7. The van der Waals surface area contributed by atoms with Crippen molar-refractivity contribution in [3.05, 3.63) is 46.8 Å². The van der Waals surface area contributed by atoms with Crippen molar-refractivity contribution in [2.45, 2.75) is 6.42 Å². The molecular formula is C14H17ClN2O3S. The molecule has 0 unspecified atom stereocenters. The van der Waals surface area contributed by atoms with Crippen LogP contribution in [0, 0.1) is 5.92 Å². The van der Waals surface area contributed by atoms with E-state index in [-0.39, 0.29) is 11.8 Å². The van der Waals surface area contributed by atoms with Gasteiger partial charge in [0.25, 0.3) is 5.91 Å². The maximum Gasteiger partial charge on any atom is 0.253 e. The second kappa shape index (κ2) is 6.60. The molecule has 7 heteroatoms. The number of nitrogens with zero attached hydrogens (tertiary/aromatic N) is 1. The molecule has 5 nitrogen and oxygen atoms in total. The maximum atomic E-state index is 12.3. The van der Waals surface area contributed by atoms with E-state index in [1.54, 1.807) is 29.2 Å². The highest BCUT2D eigenvalue weighted by molar-refractivity contribution is 7.92. The zero-order chi connectivity index (χ0) is 15.5. The molecule has 0 aliphatic carbocycles. The van der Waals surface area contributed by atoms with Gasteiger partial charge in [0.1, 0.15) is 0 Å². The fourth-order valence-electron chi connectivity index (χ4n) is 2.28. The van der Waals surface area contributed by atoms with Gasteiger partial charge in [0.15, 0.2) is 0 Å². The molecule has 1 atom stereocenters. The number of nitrogens with one attached hydrogen (secondary N) is 1. The summed E-state index contributed by atoms with van der Waals surface area (Å²) in [7, 11) is -3.41. The molecule has 0 radical (unpaired) electrons. The van der Waals surface area contributed by atoms with Gasteiger partial charge in [-0.15, -0.1) is 0 Å². The van der Waals surface area contributed by atoms with Crippen molar-refractivity contribution in [2.24, 2.45) is 5.92 Å². The van der Waals surface area contributed by atoms with Crippen molar-refractivity contribution in [1.29, 1.82) is 0 Å². The number of rotatable bonds is 5. The SMILES string of the molecule is C=CS(=O)(=O)NC[C@H]1CCN(C(=O)c2cccc(Cl)c2)C1. The highest BCUT2D eigenvalue weighted by Gasteiger charge is 2.27. The van der Waals surface area contributed by atoms with Crippen LogP contribution >= 0.6 is 11.6 Å². The molecule has 0 bridgehead atoms. The van der Waals surface area contributed by atoms with Gasteiger partial charge in [-0.2, -0.15) is 0 Å². The van der Waals surface area contributed by atoms with Crippen molar-refractivity contribution in [3.63, 3.8) is 0 Å². The van der Waals surface area contributed by atoms with Crippen molar-refractivity contribution in [3.8, 4) is 0 Å². The van der Waals surface area contributed by atoms with E-state index >= 15 is 0 Å². The van der Waals surface area contributed by atoms with Gasteiger partial charge in [0.05, 0.1) is 0 Å². The monoisotopic (exact) mass is 328 g/mol. The van der Waals surface area contributed by atoms with Crippen LogP contribution in [0.4, 0.5) is 0 Å². The maximum absolute atomic E-state index is 12.3. The van der Waals surface area contributed by atoms with E-state index in [9.17, 15) is 13.2 Å². The van der Waals surface area contributed by atoms with Crippen molar-refractivity contribution >= 4 is 27.5 Å². The van der Waals surface area contributed by atoms with E-state index in [1.807, 2.05) is 0 Å². The molecule has 0 saturated carbocycles. The molecule has 1 amide bonds. The molecular weight excluding hydrogens is 312 g/mol. The van der Waals surface area contributed by atoms with Crippen molar-refractivity contribution < 1.29 is 13.2 Å². The third-order valence-corrected chi connectivity index (χ3v) is 4.68. The first-order chi connectivity index (χ1) is 9.91. The number of carbonyl (C=O) groups is 1. The van der Waals surface area contributed by atoms with Crippen LogP contribution in [-0.4, -0.2) is 38.9 Å². The number of halogens is 1. The van der Waals surface area contributed by atoms with Crippen LogP contribution in [0.3, 0.4) is 0 Å². The lowest BCUT2D eigenvalue weighted by Gasteiger charge is -2.17. The smallest absolute Gasteiger partial charge is 0.253 e. The summed E-state index contributed by atoms with van der Waals surface area (Å²) in [5, 5.41) is 1.41. The average Bonchev–Trinajstić information content (AvgIpc) is 2.93. The molecule has 1 aliphatic heterocycles. The lowest BCUT2D eigenvalue weighted by atomic mass is 10.1. The third kappa shape index (κ3) is 4.30. The van der Waals surface area contributed by atoms with E-state index in [1.165, 1.54) is 0 Å². The molecule has 1 aromatic rings. The second-order valence-corrected chi connectivity index (χ2v) is 7.12. The quantitative estimate of drug-likeness (QED) is 0.897. The molecule has 0 spiro atoms. The fraction of sp³-hybridized carbons (Fsp3) is 0.357. The van der Waals surface area contributed by atoms with E-state index in [4.69, 9.17) is 11.6 Å². The zero-order valence-corrected chi connectivity index (χ0v) is 13.0. The Balaban J connectivity index is 1.93. The summed E-state index contributed by atoms with van der Waals surface area (Å²) in [4.78, 5) is 14.0. The Morgan fingerprint density at radius 3 is 2.95 bits per heavy atom. The fourth-order valence-corrected chi connectivity index (χ4v) is 3.06. The first-order valence-electron chi connectivity index (χ1n) is 6.58. The molecule has 1 N–H and O–H groups in total. The van der Waals surface area contributed by atoms with E-state index in [2.05, 4.69) is 11.3 Å². The predicted octanol–water partition coefficient (Wildman–Crippen LogP) is 1.86. The number of hydrogen-bond donors (Lipinski definition) is 1. The summed E-state index contributed by atoms with van der Waals surface area (Å²) in [6.07, 6.45) is 0.770. The standard InChI is InChI=1S/C14H17ClN2O3S/c1-2-21(19,20)16-9-11-6-7-17(10-11)14(18)12-4-3-5-13(15)8-12/h2-5,8,11,16H,1,6-7,9-10H2/t11-/m1/s1. The minimum Gasteiger partial charge on any atom is -0.338 e. The second-order valence-electron chi connectivity index (χ2n) is 4.98. The number of benzene rings is 1. The highest BCUT2D eigenvalue weighted by atomic mass is 35.5. The largest absolute Gasteiger partial charge is 0.338 e. The Bertz CT molecular complexity index is 645. The molecule has 0 aromatic heterocycles. The van der Waals surface area contributed by atoms with Crippen LogP contribution < -0.4 is 4.72 Å². The molecule has 1 heterocycles. The molecule has 21 heavy (non-hydrogen) atoms. The Hall–Kier alpha value is -1.37. The van der Waals surface area contributed by atoms with Gasteiger partial charge in [-0.1, -0.05) is 24.2 Å². The summed E-state index contributed by atoms with van der Waals surface area (Å²) in [5.74, 6) is 0.0365. The lowest BCUT2D eigenvalue weighted by molar-refractivity contribution is 0.0787. The van der Waals surface area contributed by atoms with Crippen molar-refractivity contribution in [2.75, 3.05) is 19.6 Å². The molecule has 2 rings (SSSR count). The van der Waals surface area contributed by atoms with Gasteiger partial charge in [0, 0.05) is 35.6 Å². The lowest BCUT2D eigenvalue weighted by Crippen LogP contribution is -2.32. The van der Waals surface area contributed by atoms with Gasteiger partial charge >= 0.3 is 0 Å². The van der Waals surface area contributed by atoms with E-state index in [0.717, 1.165) is 11.8 Å². The van der Waals surface area contributed by atoms with Gasteiger partial charge in [-0.25, -0.2) is 13.1 Å². The first kappa shape index (κ1) is 16.0. The Labute approximate surface area is 129 Å². The number of likely N-dealkylation sites (tertiary alicyclic amines) is 1. The molecule has 114 valence electrons. The van der Waals surface area contributed by atoms with Crippen LogP contribution in [0.15, 0.2) is 36.3 Å². The van der Waals surface area contributed by atoms with Crippen LogP contribution in [0.1, 0.15) is 16.8 Å². The first-order valence-corrected chi connectivity index (χ1v) is 8.50. The minimum atomic E-state index is -3.41. The number of amides is 1. The van der Waals surface area contributed by atoms with Crippen LogP contribution in [0.25, 0.3) is 0 Å². The number of sulfonamides is 1. The van der Waals surface area contributed by atoms with Gasteiger partial charge in [0.2, 0.25) is 10.0 Å². The van der Waals surface area contributed by atoms with Gasteiger partial charge in [-0.3, -0.25) is 4.79 Å². The average molecular weight is 329 g/mol.